The van der Waals surface area contributed by atoms with Crippen molar-refractivity contribution in [1.82, 2.24) is 10.6 Å². The SMILES string of the molecule is CCC(C)(NC(=O)OCC1c2ccccc2-c2ccccc21)C(=O)NCC(C)(O)CC(=O)O. The van der Waals surface area contributed by atoms with Gasteiger partial charge in [-0.2, -0.15) is 0 Å². The number of carboxylic acid groups (broad SMARTS) is 1. The molecule has 0 aliphatic heterocycles. The van der Waals surface area contributed by atoms with Crippen LogP contribution >= 0.6 is 0 Å². The van der Waals surface area contributed by atoms with Crippen LogP contribution < -0.4 is 10.6 Å². The van der Waals surface area contributed by atoms with Crippen LogP contribution in [0.2, 0.25) is 0 Å². The van der Waals surface area contributed by atoms with Gasteiger partial charge in [-0.05, 0) is 42.5 Å². The first-order valence-corrected chi connectivity index (χ1v) is 10.9. The van der Waals surface area contributed by atoms with E-state index >= 15 is 0 Å². The summed E-state index contributed by atoms with van der Waals surface area (Å²) in [6.45, 7) is 4.47. The lowest BCUT2D eigenvalue weighted by molar-refractivity contribution is -0.142. The number of benzene rings is 2. The highest BCUT2D eigenvalue weighted by Crippen LogP contribution is 2.44. The van der Waals surface area contributed by atoms with E-state index in [-0.39, 0.29) is 25.5 Å². The molecule has 0 radical (unpaired) electrons. The van der Waals surface area contributed by atoms with E-state index in [1.165, 1.54) is 6.92 Å². The molecule has 2 amide bonds. The second kappa shape index (κ2) is 9.62. The van der Waals surface area contributed by atoms with Crippen molar-refractivity contribution in [1.29, 1.82) is 0 Å². The van der Waals surface area contributed by atoms with Crippen LogP contribution in [-0.2, 0) is 14.3 Å². The van der Waals surface area contributed by atoms with Gasteiger partial charge < -0.3 is 25.6 Å². The van der Waals surface area contributed by atoms with Crippen LogP contribution in [0.15, 0.2) is 48.5 Å². The van der Waals surface area contributed by atoms with Crippen LogP contribution in [0.25, 0.3) is 11.1 Å². The summed E-state index contributed by atoms with van der Waals surface area (Å²) in [5.74, 6) is -1.82. The summed E-state index contributed by atoms with van der Waals surface area (Å²) in [4.78, 5) is 36.2. The summed E-state index contributed by atoms with van der Waals surface area (Å²) >= 11 is 0. The van der Waals surface area contributed by atoms with Crippen molar-refractivity contribution in [2.24, 2.45) is 0 Å². The Morgan fingerprint density at radius 1 is 1.00 bits per heavy atom. The molecule has 2 atom stereocenters. The third-order valence-electron chi connectivity index (χ3n) is 6.09. The predicted molar refractivity (Wildman–Crippen MR) is 123 cm³/mol. The molecule has 1 aliphatic rings. The zero-order valence-corrected chi connectivity index (χ0v) is 19.1. The summed E-state index contributed by atoms with van der Waals surface area (Å²) in [6.07, 6.45) is -0.978. The topological polar surface area (TPSA) is 125 Å². The third kappa shape index (κ3) is 5.51. The number of aliphatic hydroxyl groups is 1. The van der Waals surface area contributed by atoms with Gasteiger partial charge in [0.05, 0.1) is 12.0 Å². The number of hydrogen-bond acceptors (Lipinski definition) is 5. The molecule has 2 unspecified atom stereocenters. The molecule has 0 saturated carbocycles. The van der Waals surface area contributed by atoms with Crippen molar-refractivity contribution in [3.05, 3.63) is 59.7 Å². The van der Waals surface area contributed by atoms with Crippen molar-refractivity contribution in [3.63, 3.8) is 0 Å². The number of aliphatic carboxylic acids is 1. The number of rotatable bonds is 9. The largest absolute Gasteiger partial charge is 0.481 e. The fourth-order valence-corrected chi connectivity index (χ4v) is 4.02. The molecule has 0 saturated heterocycles. The number of carbonyl (C=O) groups excluding carboxylic acids is 2. The molecule has 0 bridgehead atoms. The maximum atomic E-state index is 12.7. The molecular formula is C25H30N2O6. The first-order valence-electron chi connectivity index (χ1n) is 10.9. The van der Waals surface area contributed by atoms with Crippen molar-refractivity contribution in [3.8, 4) is 11.1 Å². The van der Waals surface area contributed by atoms with E-state index in [0.717, 1.165) is 22.3 Å². The molecule has 33 heavy (non-hydrogen) atoms. The van der Waals surface area contributed by atoms with E-state index in [4.69, 9.17) is 9.84 Å². The van der Waals surface area contributed by atoms with Crippen LogP contribution in [0, 0.1) is 0 Å². The Bertz CT molecular complexity index is 1010. The Labute approximate surface area is 193 Å². The van der Waals surface area contributed by atoms with Crippen LogP contribution in [0.3, 0.4) is 0 Å². The number of nitrogens with one attached hydrogen (secondary N) is 2. The van der Waals surface area contributed by atoms with E-state index < -0.39 is 35.5 Å². The number of carbonyl (C=O) groups is 3. The maximum absolute atomic E-state index is 12.7. The minimum absolute atomic E-state index is 0.101. The first-order chi connectivity index (χ1) is 15.6. The van der Waals surface area contributed by atoms with E-state index in [1.54, 1.807) is 13.8 Å². The maximum Gasteiger partial charge on any atom is 0.408 e. The number of fused-ring (bicyclic) bond motifs is 3. The zero-order chi connectivity index (χ0) is 24.2. The molecule has 2 aromatic rings. The van der Waals surface area contributed by atoms with E-state index in [1.807, 2.05) is 48.5 Å². The van der Waals surface area contributed by atoms with Gasteiger partial charge in [-0.1, -0.05) is 55.5 Å². The summed E-state index contributed by atoms with van der Waals surface area (Å²) in [7, 11) is 0. The van der Waals surface area contributed by atoms with Crippen molar-refractivity contribution < 1.29 is 29.3 Å². The van der Waals surface area contributed by atoms with Crippen molar-refractivity contribution in [2.75, 3.05) is 13.2 Å². The van der Waals surface area contributed by atoms with Crippen LogP contribution in [0.5, 0.6) is 0 Å². The molecule has 0 aromatic heterocycles. The zero-order valence-electron chi connectivity index (χ0n) is 19.1. The minimum atomic E-state index is -1.61. The summed E-state index contributed by atoms with van der Waals surface area (Å²) < 4.78 is 5.53. The van der Waals surface area contributed by atoms with Gasteiger partial charge in [0, 0.05) is 12.5 Å². The summed E-state index contributed by atoms with van der Waals surface area (Å²) in [6, 6.07) is 16.0. The third-order valence-corrected chi connectivity index (χ3v) is 6.09. The average Bonchev–Trinajstić information content (AvgIpc) is 3.09. The van der Waals surface area contributed by atoms with E-state index in [9.17, 15) is 19.5 Å². The quantitative estimate of drug-likeness (QED) is 0.462. The lowest BCUT2D eigenvalue weighted by Gasteiger charge is -2.30. The minimum Gasteiger partial charge on any atom is -0.481 e. The Morgan fingerprint density at radius 3 is 2.06 bits per heavy atom. The Morgan fingerprint density at radius 2 is 1.55 bits per heavy atom. The Balaban J connectivity index is 1.62. The normalized spacial score (nSPS) is 16.0. The number of hydrogen-bond donors (Lipinski definition) is 4. The second-order valence-electron chi connectivity index (χ2n) is 8.89. The van der Waals surface area contributed by atoms with E-state index in [2.05, 4.69) is 10.6 Å². The van der Waals surface area contributed by atoms with Crippen LogP contribution in [0.4, 0.5) is 4.79 Å². The van der Waals surface area contributed by atoms with Gasteiger partial charge in [0.25, 0.3) is 0 Å². The van der Waals surface area contributed by atoms with E-state index in [0.29, 0.717) is 0 Å². The fourth-order valence-electron chi connectivity index (χ4n) is 4.02. The van der Waals surface area contributed by atoms with Crippen LogP contribution in [0.1, 0.15) is 50.7 Å². The molecule has 176 valence electrons. The number of carboxylic acids is 1. The molecule has 3 rings (SSSR count). The second-order valence-corrected chi connectivity index (χ2v) is 8.89. The molecule has 2 aromatic carbocycles. The molecule has 4 N–H and O–H groups in total. The van der Waals surface area contributed by atoms with Gasteiger partial charge in [0.15, 0.2) is 0 Å². The van der Waals surface area contributed by atoms with Crippen LogP contribution in [-0.4, -0.2) is 52.5 Å². The highest BCUT2D eigenvalue weighted by molar-refractivity contribution is 5.89. The van der Waals surface area contributed by atoms with Gasteiger partial charge in [-0.3, -0.25) is 9.59 Å². The highest BCUT2D eigenvalue weighted by atomic mass is 16.5. The molecule has 1 aliphatic carbocycles. The molecule has 0 heterocycles. The highest BCUT2D eigenvalue weighted by Gasteiger charge is 2.36. The van der Waals surface area contributed by atoms with Gasteiger partial charge in [-0.15, -0.1) is 0 Å². The number of ether oxygens (including phenoxy) is 1. The van der Waals surface area contributed by atoms with Gasteiger partial charge in [0.2, 0.25) is 5.91 Å². The Hall–Kier alpha value is -3.39. The lowest BCUT2D eigenvalue weighted by Crippen LogP contribution is -2.58. The predicted octanol–water partition coefficient (Wildman–Crippen LogP) is 3.04. The van der Waals surface area contributed by atoms with Crippen molar-refractivity contribution in [2.45, 2.75) is 50.7 Å². The summed E-state index contributed by atoms with van der Waals surface area (Å²) in [5, 5.41) is 24.1. The first kappa shape index (κ1) is 24.3. The molecule has 8 heteroatoms. The van der Waals surface area contributed by atoms with Crippen molar-refractivity contribution >= 4 is 18.0 Å². The fraction of sp³-hybridized carbons (Fsp3) is 0.400. The number of alkyl carbamates (subject to hydrolysis) is 1. The Kier molecular flexibility index (Phi) is 7.07. The molecule has 0 fully saturated rings. The summed E-state index contributed by atoms with van der Waals surface area (Å²) in [5.41, 5.74) is 1.51. The van der Waals surface area contributed by atoms with Gasteiger partial charge >= 0.3 is 12.1 Å². The average molecular weight is 455 g/mol. The molecular weight excluding hydrogens is 424 g/mol. The van der Waals surface area contributed by atoms with Gasteiger partial charge in [0.1, 0.15) is 12.1 Å². The smallest absolute Gasteiger partial charge is 0.408 e. The monoisotopic (exact) mass is 454 g/mol. The molecule has 0 spiro atoms. The molecule has 8 nitrogen and oxygen atoms in total. The lowest BCUT2D eigenvalue weighted by atomic mass is 9.96. The number of amides is 2. The standard InChI is InChI=1S/C25H30N2O6/c1-4-25(3,22(30)26-15-24(2,32)13-21(28)29)27-23(31)33-14-20-18-11-7-5-9-16(18)17-10-6-8-12-19(17)20/h5-12,20,32H,4,13-15H2,1-3H3,(H,26,30)(H,27,31)(H,28,29). The van der Waals surface area contributed by atoms with Gasteiger partial charge in [-0.25, -0.2) is 4.79 Å².